The molecule has 0 spiro atoms. The van der Waals surface area contributed by atoms with E-state index in [1.807, 2.05) is 18.2 Å². The first-order valence-corrected chi connectivity index (χ1v) is 10.2. The second kappa shape index (κ2) is 7.55. The van der Waals surface area contributed by atoms with Crippen molar-refractivity contribution in [2.24, 2.45) is 0 Å². The summed E-state index contributed by atoms with van der Waals surface area (Å²) in [5.74, 6) is 0. The van der Waals surface area contributed by atoms with Gasteiger partial charge in [0.15, 0.2) is 0 Å². The molecule has 1 aliphatic carbocycles. The minimum atomic E-state index is -0.111. The highest BCUT2D eigenvalue weighted by Crippen LogP contribution is 2.39. The fraction of sp³-hybridized carbons (Fsp3) is 0.650. The van der Waals surface area contributed by atoms with E-state index in [0.717, 1.165) is 24.6 Å². The van der Waals surface area contributed by atoms with E-state index in [2.05, 4.69) is 15.5 Å². The largest absolute Gasteiger partial charge is 0.335 e. The van der Waals surface area contributed by atoms with E-state index in [1.54, 1.807) is 6.07 Å². The quantitative estimate of drug-likeness (QED) is 0.812. The zero-order valence-electron chi connectivity index (χ0n) is 14.7. The Morgan fingerprint density at radius 3 is 2.36 bits per heavy atom. The van der Waals surface area contributed by atoms with E-state index in [9.17, 15) is 4.79 Å². The van der Waals surface area contributed by atoms with Crippen molar-refractivity contribution in [2.75, 3.05) is 5.32 Å². The summed E-state index contributed by atoms with van der Waals surface area (Å²) < 4.78 is 0. The van der Waals surface area contributed by atoms with Gasteiger partial charge in [-0.1, -0.05) is 36.9 Å². The van der Waals surface area contributed by atoms with Crippen molar-refractivity contribution in [1.29, 1.82) is 0 Å². The Labute approximate surface area is 155 Å². The number of rotatable bonds is 3. The minimum Gasteiger partial charge on any atom is -0.335 e. The van der Waals surface area contributed by atoms with Gasteiger partial charge in [0.05, 0.1) is 0 Å². The van der Waals surface area contributed by atoms with Crippen molar-refractivity contribution in [3.63, 3.8) is 0 Å². The van der Waals surface area contributed by atoms with E-state index in [0.29, 0.717) is 17.1 Å². The van der Waals surface area contributed by atoms with Crippen molar-refractivity contribution in [1.82, 2.24) is 10.2 Å². The van der Waals surface area contributed by atoms with Crippen LogP contribution in [0.15, 0.2) is 24.3 Å². The van der Waals surface area contributed by atoms with Gasteiger partial charge in [0.2, 0.25) is 0 Å². The lowest BCUT2D eigenvalue weighted by Crippen LogP contribution is -2.59. The third-order valence-corrected chi connectivity index (χ3v) is 6.43. The fourth-order valence-corrected chi connectivity index (χ4v) is 5.44. The lowest BCUT2D eigenvalue weighted by atomic mass is 9.80. The monoisotopic (exact) mass is 361 g/mol. The van der Waals surface area contributed by atoms with Crippen molar-refractivity contribution >= 4 is 23.3 Å². The molecule has 2 bridgehead atoms. The molecule has 4 nitrogen and oxygen atoms in total. The number of piperidine rings is 2. The maximum atomic E-state index is 12.4. The normalized spacial score (nSPS) is 30.2. The summed E-state index contributed by atoms with van der Waals surface area (Å²) in [7, 11) is 0. The van der Waals surface area contributed by atoms with Gasteiger partial charge in [-0.3, -0.25) is 4.90 Å². The number of fused-ring (bicyclic) bond motifs is 2. The Morgan fingerprint density at radius 1 is 1.00 bits per heavy atom. The van der Waals surface area contributed by atoms with Crippen molar-refractivity contribution in [3.8, 4) is 0 Å². The van der Waals surface area contributed by atoms with Gasteiger partial charge in [0, 0.05) is 34.9 Å². The van der Waals surface area contributed by atoms with Crippen molar-refractivity contribution in [3.05, 3.63) is 29.3 Å². The predicted octanol–water partition coefficient (Wildman–Crippen LogP) is 4.79. The maximum absolute atomic E-state index is 12.4. The van der Waals surface area contributed by atoms with Gasteiger partial charge < -0.3 is 10.6 Å². The van der Waals surface area contributed by atoms with Crippen LogP contribution in [0.4, 0.5) is 10.5 Å². The van der Waals surface area contributed by atoms with Crippen molar-refractivity contribution < 1.29 is 4.79 Å². The van der Waals surface area contributed by atoms with E-state index in [1.165, 1.54) is 44.9 Å². The van der Waals surface area contributed by atoms with Crippen LogP contribution in [0.3, 0.4) is 0 Å². The standard InChI is InChI=1S/C20H28ClN3O/c21-14-5-3-6-15(11-14)22-20(25)23-16-12-18-9-4-10-19(13-16)24(18)17-7-1-2-8-17/h3,5-6,11,16-19H,1-2,4,7-10,12-13H2,(H2,22,23,25)/t16?,18-,19+. The first-order chi connectivity index (χ1) is 12.2. The lowest BCUT2D eigenvalue weighted by Gasteiger charge is -2.51. The molecule has 3 fully saturated rings. The molecule has 1 aromatic rings. The summed E-state index contributed by atoms with van der Waals surface area (Å²) in [5, 5.41) is 6.76. The molecular formula is C20H28ClN3O. The highest BCUT2D eigenvalue weighted by Gasteiger charge is 2.42. The van der Waals surface area contributed by atoms with Crippen LogP contribution in [-0.2, 0) is 0 Å². The number of amides is 2. The van der Waals surface area contributed by atoms with E-state index in [-0.39, 0.29) is 12.1 Å². The third kappa shape index (κ3) is 3.95. The zero-order chi connectivity index (χ0) is 17.2. The fourth-order valence-electron chi connectivity index (χ4n) is 5.25. The number of benzene rings is 1. The molecule has 2 heterocycles. The predicted molar refractivity (Wildman–Crippen MR) is 102 cm³/mol. The number of urea groups is 1. The molecule has 2 saturated heterocycles. The van der Waals surface area contributed by atoms with Gasteiger partial charge in [0.1, 0.15) is 0 Å². The van der Waals surface area contributed by atoms with Gasteiger partial charge in [-0.2, -0.15) is 0 Å². The summed E-state index contributed by atoms with van der Waals surface area (Å²) in [6.07, 6.45) is 11.7. The topological polar surface area (TPSA) is 44.4 Å². The van der Waals surface area contributed by atoms with Crippen LogP contribution in [0.2, 0.25) is 5.02 Å². The number of nitrogens with zero attached hydrogens (tertiary/aromatic N) is 1. The third-order valence-electron chi connectivity index (χ3n) is 6.20. The molecule has 0 aromatic heterocycles. The average Bonchev–Trinajstić information content (AvgIpc) is 3.08. The Balaban J connectivity index is 1.35. The van der Waals surface area contributed by atoms with Crippen molar-refractivity contribution in [2.45, 2.75) is 82.0 Å². The summed E-state index contributed by atoms with van der Waals surface area (Å²) in [5.41, 5.74) is 0.744. The molecule has 25 heavy (non-hydrogen) atoms. The van der Waals surface area contributed by atoms with Gasteiger partial charge in [-0.15, -0.1) is 0 Å². The molecule has 1 saturated carbocycles. The molecule has 2 aliphatic heterocycles. The first kappa shape index (κ1) is 17.2. The number of carbonyl (C=O) groups excluding carboxylic acids is 1. The lowest BCUT2D eigenvalue weighted by molar-refractivity contribution is -0.00680. The Morgan fingerprint density at radius 2 is 1.68 bits per heavy atom. The first-order valence-electron chi connectivity index (χ1n) is 9.79. The highest BCUT2D eigenvalue weighted by molar-refractivity contribution is 6.30. The summed E-state index contributed by atoms with van der Waals surface area (Å²) in [6.45, 7) is 0. The Bertz CT molecular complexity index is 603. The minimum absolute atomic E-state index is 0.111. The number of halogens is 1. The summed E-state index contributed by atoms with van der Waals surface area (Å²) in [4.78, 5) is 15.2. The van der Waals surface area contributed by atoms with Gasteiger partial charge in [-0.25, -0.2) is 4.79 Å². The van der Waals surface area contributed by atoms with Crippen LogP contribution in [0.25, 0.3) is 0 Å². The van der Waals surface area contributed by atoms with E-state index >= 15 is 0 Å². The highest BCUT2D eigenvalue weighted by atomic mass is 35.5. The van der Waals surface area contributed by atoms with Crippen LogP contribution in [-0.4, -0.2) is 35.1 Å². The second-order valence-corrected chi connectivity index (χ2v) is 8.34. The molecule has 3 atom stereocenters. The van der Waals surface area contributed by atoms with Crippen LogP contribution < -0.4 is 10.6 Å². The summed E-state index contributed by atoms with van der Waals surface area (Å²) >= 11 is 5.99. The second-order valence-electron chi connectivity index (χ2n) is 7.90. The van der Waals surface area contributed by atoms with Crippen LogP contribution in [0.5, 0.6) is 0 Å². The van der Waals surface area contributed by atoms with Gasteiger partial charge in [-0.05, 0) is 56.7 Å². The molecule has 5 heteroatoms. The molecule has 136 valence electrons. The van der Waals surface area contributed by atoms with Crippen LogP contribution in [0.1, 0.15) is 57.8 Å². The molecule has 1 unspecified atom stereocenters. The molecule has 4 rings (SSSR count). The number of hydrogen-bond acceptors (Lipinski definition) is 2. The Hall–Kier alpha value is -1.26. The number of hydrogen-bond donors (Lipinski definition) is 2. The molecule has 1 aromatic carbocycles. The van der Waals surface area contributed by atoms with E-state index in [4.69, 9.17) is 11.6 Å². The maximum Gasteiger partial charge on any atom is 0.319 e. The Kier molecular flexibility index (Phi) is 5.18. The number of nitrogens with one attached hydrogen (secondary N) is 2. The van der Waals surface area contributed by atoms with Gasteiger partial charge >= 0.3 is 6.03 Å². The average molecular weight is 362 g/mol. The molecule has 3 aliphatic rings. The molecule has 0 radical (unpaired) electrons. The molecular weight excluding hydrogens is 334 g/mol. The zero-order valence-corrected chi connectivity index (χ0v) is 15.5. The number of carbonyl (C=O) groups is 1. The molecule has 2 amide bonds. The SMILES string of the molecule is O=C(Nc1cccc(Cl)c1)NC1C[C@H]2CCC[C@@H](C1)N2C1CCCC1. The molecule has 2 N–H and O–H groups in total. The van der Waals surface area contributed by atoms with Gasteiger partial charge in [0.25, 0.3) is 0 Å². The number of anilines is 1. The van der Waals surface area contributed by atoms with E-state index < -0.39 is 0 Å². The summed E-state index contributed by atoms with van der Waals surface area (Å²) in [6, 6.07) is 9.59. The smallest absolute Gasteiger partial charge is 0.319 e. The van der Waals surface area contributed by atoms with Crippen LogP contribution in [0, 0.1) is 0 Å². The van der Waals surface area contributed by atoms with Crippen LogP contribution >= 0.6 is 11.6 Å².